The summed E-state index contributed by atoms with van der Waals surface area (Å²) in [5, 5.41) is 5.39. The lowest BCUT2D eigenvalue weighted by Crippen LogP contribution is -2.21. The van der Waals surface area contributed by atoms with Gasteiger partial charge in [-0.3, -0.25) is 9.89 Å². The summed E-state index contributed by atoms with van der Waals surface area (Å²) in [6, 6.07) is 33.7. The van der Waals surface area contributed by atoms with Crippen LogP contribution in [0.2, 0.25) is 0 Å². The molecule has 4 nitrogen and oxygen atoms in total. The van der Waals surface area contributed by atoms with Gasteiger partial charge < -0.3 is 0 Å². The molecule has 0 saturated carbocycles. The molecule has 0 aliphatic heterocycles. The highest BCUT2D eigenvalue weighted by molar-refractivity contribution is 6.15. The van der Waals surface area contributed by atoms with Crippen molar-refractivity contribution in [1.82, 2.24) is 9.78 Å². The van der Waals surface area contributed by atoms with Crippen molar-refractivity contribution in [3.63, 3.8) is 0 Å². The molecule has 0 unspecified atom stereocenters. The third kappa shape index (κ3) is 3.49. The fourth-order valence-electron chi connectivity index (χ4n) is 3.87. The van der Waals surface area contributed by atoms with Gasteiger partial charge in [-0.05, 0) is 30.5 Å². The van der Waals surface area contributed by atoms with Crippen molar-refractivity contribution in [2.24, 2.45) is 4.99 Å². The maximum absolute atomic E-state index is 13.5. The first kappa shape index (κ1) is 18.8. The van der Waals surface area contributed by atoms with E-state index in [0.29, 0.717) is 11.3 Å². The largest absolute Gasteiger partial charge is 0.295 e. The van der Waals surface area contributed by atoms with Crippen molar-refractivity contribution >= 4 is 22.2 Å². The Hall–Kier alpha value is -4.18. The van der Waals surface area contributed by atoms with Crippen LogP contribution in [0, 0.1) is 6.92 Å². The number of hydrogen-bond donors (Lipinski definition) is 1. The lowest BCUT2D eigenvalue weighted by atomic mass is 10.0. The lowest BCUT2D eigenvalue weighted by Gasteiger charge is -2.08. The summed E-state index contributed by atoms with van der Waals surface area (Å²) in [5.74, 6) is 0. The van der Waals surface area contributed by atoms with Crippen LogP contribution in [-0.2, 0) is 0 Å². The molecule has 150 valence electrons. The highest BCUT2D eigenvalue weighted by atomic mass is 16.1. The van der Waals surface area contributed by atoms with Crippen molar-refractivity contribution in [2.75, 3.05) is 0 Å². The number of benzene rings is 4. The highest BCUT2D eigenvalue weighted by Gasteiger charge is 2.20. The zero-order valence-electron chi connectivity index (χ0n) is 17.1. The number of nitrogens with zero attached hydrogens (tertiary/aromatic N) is 2. The summed E-state index contributed by atoms with van der Waals surface area (Å²) in [6.07, 6.45) is 0. The smallest absolute Gasteiger partial charge is 0.280 e. The Kier molecular flexibility index (Phi) is 4.81. The minimum Gasteiger partial charge on any atom is -0.295 e. The van der Waals surface area contributed by atoms with Crippen LogP contribution in [0.4, 0.5) is 5.69 Å². The van der Waals surface area contributed by atoms with Gasteiger partial charge in [0.25, 0.3) is 5.56 Å². The number of rotatable bonds is 4. The standard InChI is InChI=1S/C27H21N3O/c1-19-25(27(31)30(29-19)22-15-6-3-7-16-22)26(21-12-4-2-5-13-21)28-24-18-10-14-20-11-8-9-17-23(20)24/h2-18,29H,1H3. The molecule has 4 heteroatoms. The van der Waals surface area contributed by atoms with E-state index < -0.39 is 0 Å². The molecule has 0 aliphatic rings. The number of aromatic amines is 1. The van der Waals surface area contributed by atoms with Gasteiger partial charge in [-0.15, -0.1) is 0 Å². The maximum atomic E-state index is 13.5. The average Bonchev–Trinajstić information content (AvgIpc) is 3.12. The summed E-state index contributed by atoms with van der Waals surface area (Å²) in [4.78, 5) is 18.5. The van der Waals surface area contributed by atoms with Crippen molar-refractivity contribution < 1.29 is 0 Å². The minimum absolute atomic E-state index is 0.119. The Labute approximate surface area is 180 Å². The van der Waals surface area contributed by atoms with Crippen LogP contribution >= 0.6 is 0 Å². The second kappa shape index (κ2) is 7.92. The molecule has 1 N–H and O–H groups in total. The molecule has 5 rings (SSSR count). The Morgan fingerprint density at radius 3 is 2.19 bits per heavy atom. The molecular formula is C27H21N3O. The van der Waals surface area contributed by atoms with Crippen LogP contribution in [0.15, 0.2) is 113 Å². The summed E-state index contributed by atoms with van der Waals surface area (Å²) >= 11 is 0. The Bertz CT molecular complexity index is 1440. The predicted octanol–water partition coefficient (Wildman–Crippen LogP) is 5.80. The summed E-state index contributed by atoms with van der Waals surface area (Å²) in [5.41, 5.74) is 4.41. The van der Waals surface area contributed by atoms with Gasteiger partial charge in [0.1, 0.15) is 0 Å². The van der Waals surface area contributed by atoms with E-state index in [2.05, 4.69) is 23.3 Å². The zero-order chi connectivity index (χ0) is 21.2. The topological polar surface area (TPSA) is 50.1 Å². The van der Waals surface area contributed by atoms with E-state index in [1.165, 1.54) is 0 Å². The Morgan fingerprint density at radius 2 is 1.42 bits per heavy atom. The molecule has 0 fully saturated rings. The SMILES string of the molecule is Cc1[nH]n(-c2ccccc2)c(=O)c1C(=Nc1cccc2ccccc12)c1ccccc1. The molecule has 0 saturated heterocycles. The van der Waals surface area contributed by atoms with Gasteiger partial charge in [-0.1, -0.05) is 84.9 Å². The predicted molar refractivity (Wildman–Crippen MR) is 127 cm³/mol. The van der Waals surface area contributed by atoms with E-state index in [1.54, 1.807) is 4.68 Å². The van der Waals surface area contributed by atoms with Crippen LogP contribution in [0.1, 0.15) is 16.8 Å². The van der Waals surface area contributed by atoms with Gasteiger partial charge in [0, 0.05) is 16.6 Å². The van der Waals surface area contributed by atoms with Crippen molar-refractivity contribution in [3.05, 3.63) is 130 Å². The summed E-state index contributed by atoms with van der Waals surface area (Å²) in [6.45, 7) is 1.91. The molecule has 0 radical (unpaired) electrons. The zero-order valence-corrected chi connectivity index (χ0v) is 17.1. The molecule has 0 amide bonds. The fraction of sp³-hybridized carbons (Fsp3) is 0.0370. The van der Waals surface area contributed by atoms with Crippen molar-refractivity contribution in [2.45, 2.75) is 6.92 Å². The number of aromatic nitrogens is 2. The molecule has 4 aromatic carbocycles. The first-order valence-electron chi connectivity index (χ1n) is 10.2. The van der Waals surface area contributed by atoms with E-state index in [1.807, 2.05) is 91.9 Å². The summed E-state index contributed by atoms with van der Waals surface area (Å²) in [7, 11) is 0. The van der Waals surface area contributed by atoms with E-state index >= 15 is 0 Å². The van der Waals surface area contributed by atoms with Gasteiger partial charge in [-0.25, -0.2) is 9.67 Å². The number of fused-ring (bicyclic) bond motifs is 1. The average molecular weight is 403 g/mol. The van der Waals surface area contributed by atoms with Crippen LogP contribution in [-0.4, -0.2) is 15.5 Å². The van der Waals surface area contributed by atoms with Gasteiger partial charge in [0.2, 0.25) is 0 Å². The maximum Gasteiger partial charge on any atom is 0.280 e. The Morgan fingerprint density at radius 1 is 0.774 bits per heavy atom. The quantitative estimate of drug-likeness (QED) is 0.379. The van der Waals surface area contributed by atoms with Crippen LogP contribution in [0.5, 0.6) is 0 Å². The third-order valence-electron chi connectivity index (χ3n) is 5.37. The first-order valence-corrected chi connectivity index (χ1v) is 10.2. The molecular weight excluding hydrogens is 382 g/mol. The minimum atomic E-state index is -0.119. The second-order valence-electron chi connectivity index (χ2n) is 7.41. The molecule has 1 aromatic heterocycles. The number of hydrogen-bond acceptors (Lipinski definition) is 2. The lowest BCUT2D eigenvalue weighted by molar-refractivity contribution is 0.835. The number of para-hydroxylation sites is 1. The second-order valence-corrected chi connectivity index (χ2v) is 7.41. The van der Waals surface area contributed by atoms with Crippen LogP contribution < -0.4 is 5.56 Å². The molecule has 1 heterocycles. The third-order valence-corrected chi connectivity index (χ3v) is 5.37. The molecule has 0 aliphatic carbocycles. The van der Waals surface area contributed by atoms with Gasteiger partial charge in [0.05, 0.1) is 22.6 Å². The van der Waals surface area contributed by atoms with E-state index in [-0.39, 0.29) is 5.56 Å². The van der Waals surface area contributed by atoms with E-state index in [4.69, 9.17) is 4.99 Å². The number of aryl methyl sites for hydroxylation is 1. The molecule has 5 aromatic rings. The highest BCUT2D eigenvalue weighted by Crippen LogP contribution is 2.27. The van der Waals surface area contributed by atoms with Crippen molar-refractivity contribution in [3.8, 4) is 5.69 Å². The number of H-pyrrole nitrogens is 1. The van der Waals surface area contributed by atoms with Gasteiger partial charge in [0.15, 0.2) is 0 Å². The van der Waals surface area contributed by atoms with E-state index in [0.717, 1.165) is 33.4 Å². The molecule has 0 spiro atoms. The first-order chi connectivity index (χ1) is 15.2. The van der Waals surface area contributed by atoms with Crippen LogP contribution in [0.25, 0.3) is 16.5 Å². The van der Waals surface area contributed by atoms with Crippen molar-refractivity contribution in [1.29, 1.82) is 0 Å². The van der Waals surface area contributed by atoms with Crippen LogP contribution in [0.3, 0.4) is 0 Å². The van der Waals surface area contributed by atoms with Gasteiger partial charge in [-0.2, -0.15) is 0 Å². The number of aliphatic imine (C=N–C) groups is 1. The molecule has 31 heavy (non-hydrogen) atoms. The normalized spacial score (nSPS) is 11.7. The summed E-state index contributed by atoms with van der Waals surface area (Å²) < 4.78 is 1.58. The molecule has 0 bridgehead atoms. The number of nitrogens with one attached hydrogen (secondary N) is 1. The molecule has 0 atom stereocenters. The van der Waals surface area contributed by atoms with E-state index in [9.17, 15) is 4.79 Å². The fourth-order valence-corrected chi connectivity index (χ4v) is 3.87. The van der Waals surface area contributed by atoms with Gasteiger partial charge >= 0.3 is 0 Å². The Balaban J connectivity index is 1.77. The monoisotopic (exact) mass is 403 g/mol.